The zero-order valence-corrected chi connectivity index (χ0v) is 17.1. The molecule has 1 aliphatic rings. The third-order valence-corrected chi connectivity index (χ3v) is 6.95. The molecule has 2 aromatic rings. The molecule has 1 heteroatoms. The van der Waals surface area contributed by atoms with Gasteiger partial charge in [0.2, 0.25) is 0 Å². The van der Waals surface area contributed by atoms with E-state index in [2.05, 4.69) is 80.3 Å². The van der Waals surface area contributed by atoms with E-state index in [1.165, 1.54) is 49.3 Å². The Labute approximate surface area is 155 Å². The van der Waals surface area contributed by atoms with Gasteiger partial charge in [0, 0.05) is 8.07 Å². The van der Waals surface area contributed by atoms with E-state index in [9.17, 15) is 0 Å². The summed E-state index contributed by atoms with van der Waals surface area (Å²) >= 11 is 0. The highest BCUT2D eigenvalue weighted by Crippen LogP contribution is 2.47. The van der Waals surface area contributed by atoms with E-state index in [-0.39, 0.29) is 0 Å². The highest BCUT2D eigenvalue weighted by Gasteiger charge is 2.35. The molecule has 1 fully saturated rings. The molecule has 132 valence electrons. The van der Waals surface area contributed by atoms with Crippen molar-refractivity contribution in [1.29, 1.82) is 0 Å². The summed E-state index contributed by atoms with van der Waals surface area (Å²) in [5.41, 5.74) is 6.52. The Morgan fingerprint density at radius 3 is 1.72 bits per heavy atom. The topological polar surface area (TPSA) is 0 Å². The minimum Gasteiger partial charge on any atom is -0.0700 e. The smallest absolute Gasteiger partial charge is 0.0448 e. The summed E-state index contributed by atoms with van der Waals surface area (Å²) < 4.78 is 0. The van der Waals surface area contributed by atoms with E-state index < -0.39 is 8.07 Å². The summed E-state index contributed by atoms with van der Waals surface area (Å²) in [7, 11) is -0.953. The lowest BCUT2D eigenvalue weighted by atomic mass is 9.97. The lowest BCUT2D eigenvalue weighted by Crippen LogP contribution is -2.19. The number of aryl methyl sites for hydroxylation is 2. The van der Waals surface area contributed by atoms with Crippen molar-refractivity contribution in [3.63, 3.8) is 0 Å². The summed E-state index contributed by atoms with van der Waals surface area (Å²) in [5.74, 6) is 0.910. The van der Waals surface area contributed by atoms with Gasteiger partial charge in [-0.3, -0.25) is 0 Å². The molecule has 0 radical (unpaired) electrons. The van der Waals surface area contributed by atoms with E-state index in [1.54, 1.807) is 5.57 Å². The van der Waals surface area contributed by atoms with Gasteiger partial charge in [0.25, 0.3) is 0 Å². The van der Waals surface area contributed by atoms with Crippen LogP contribution < -0.4 is 0 Å². The van der Waals surface area contributed by atoms with E-state index in [0.29, 0.717) is 0 Å². The average molecular weight is 349 g/mol. The molecule has 1 saturated carbocycles. The molecule has 0 spiro atoms. The van der Waals surface area contributed by atoms with Gasteiger partial charge in [-0.1, -0.05) is 97.5 Å². The summed E-state index contributed by atoms with van der Waals surface area (Å²) in [6.07, 6.45) is 6.24. The molecular formula is C24H32Si. The van der Waals surface area contributed by atoms with Gasteiger partial charge >= 0.3 is 0 Å². The van der Waals surface area contributed by atoms with Crippen LogP contribution in [0.3, 0.4) is 0 Å². The van der Waals surface area contributed by atoms with Gasteiger partial charge in [-0.05, 0) is 49.1 Å². The van der Waals surface area contributed by atoms with Gasteiger partial charge in [0.1, 0.15) is 0 Å². The molecule has 1 unspecified atom stereocenters. The molecule has 2 aromatic carbocycles. The molecule has 0 aromatic heterocycles. The Bertz CT molecular complexity index is 646. The first-order valence-electron chi connectivity index (χ1n) is 9.80. The maximum absolute atomic E-state index is 2.51. The molecule has 0 N–H and O–H groups in total. The fourth-order valence-electron chi connectivity index (χ4n) is 3.90. The van der Waals surface area contributed by atoms with Gasteiger partial charge in [-0.2, -0.15) is 0 Å². The van der Waals surface area contributed by atoms with Crippen LogP contribution in [0, 0.1) is 5.92 Å². The summed E-state index contributed by atoms with van der Waals surface area (Å²) in [4.78, 5) is 0. The average Bonchev–Trinajstić information content (AvgIpc) is 3.33. The molecule has 0 heterocycles. The van der Waals surface area contributed by atoms with Crippen LogP contribution in [0.2, 0.25) is 25.7 Å². The largest absolute Gasteiger partial charge is 0.0700 e. The standard InChI is InChI=1S/C24H32Si/c1-25(2,3)19-23-18-24(23)22(16-14-20-10-6-4-7-11-20)17-15-21-12-8-5-9-13-21/h4-13,23H,14-19H2,1-3H3. The molecule has 1 aliphatic carbocycles. The summed E-state index contributed by atoms with van der Waals surface area (Å²) in [5, 5.41) is 0. The Morgan fingerprint density at radius 2 is 1.28 bits per heavy atom. The quantitative estimate of drug-likeness (QED) is 0.359. The van der Waals surface area contributed by atoms with Gasteiger partial charge in [0.05, 0.1) is 0 Å². The van der Waals surface area contributed by atoms with E-state index >= 15 is 0 Å². The van der Waals surface area contributed by atoms with Crippen LogP contribution in [0.25, 0.3) is 0 Å². The third kappa shape index (κ3) is 6.00. The third-order valence-electron chi connectivity index (χ3n) is 5.23. The van der Waals surface area contributed by atoms with Crippen molar-refractivity contribution in [2.24, 2.45) is 5.92 Å². The summed E-state index contributed by atoms with van der Waals surface area (Å²) in [6, 6.07) is 23.4. The molecule has 0 saturated heterocycles. The first-order valence-corrected chi connectivity index (χ1v) is 13.5. The van der Waals surface area contributed by atoms with Crippen molar-refractivity contribution in [3.8, 4) is 0 Å². The van der Waals surface area contributed by atoms with Gasteiger partial charge in [-0.15, -0.1) is 0 Å². The highest BCUT2D eigenvalue weighted by molar-refractivity contribution is 6.76. The number of allylic oxidation sites excluding steroid dienone is 2. The number of rotatable bonds is 8. The first kappa shape index (κ1) is 18.2. The van der Waals surface area contributed by atoms with E-state index in [1.807, 2.05) is 5.57 Å². The molecule has 0 aliphatic heterocycles. The van der Waals surface area contributed by atoms with Crippen LogP contribution in [0.15, 0.2) is 71.8 Å². The van der Waals surface area contributed by atoms with Crippen molar-refractivity contribution in [1.82, 2.24) is 0 Å². The van der Waals surface area contributed by atoms with Crippen LogP contribution in [0.5, 0.6) is 0 Å². The van der Waals surface area contributed by atoms with Crippen LogP contribution in [-0.2, 0) is 12.8 Å². The van der Waals surface area contributed by atoms with Crippen molar-refractivity contribution >= 4 is 8.07 Å². The van der Waals surface area contributed by atoms with E-state index in [0.717, 1.165) is 5.92 Å². The van der Waals surface area contributed by atoms with Crippen molar-refractivity contribution in [2.45, 2.75) is 57.8 Å². The molecule has 0 amide bonds. The normalized spacial score (nSPS) is 16.8. The molecule has 0 nitrogen and oxygen atoms in total. The molecule has 3 rings (SSSR count). The van der Waals surface area contributed by atoms with Crippen molar-refractivity contribution in [2.75, 3.05) is 0 Å². The van der Waals surface area contributed by atoms with Gasteiger partial charge in [-0.25, -0.2) is 0 Å². The number of benzene rings is 2. The summed E-state index contributed by atoms with van der Waals surface area (Å²) in [6.45, 7) is 7.53. The molecule has 0 bridgehead atoms. The van der Waals surface area contributed by atoms with Crippen molar-refractivity contribution in [3.05, 3.63) is 82.9 Å². The van der Waals surface area contributed by atoms with Gasteiger partial charge in [0.15, 0.2) is 0 Å². The van der Waals surface area contributed by atoms with Crippen molar-refractivity contribution < 1.29 is 0 Å². The molecular weight excluding hydrogens is 316 g/mol. The van der Waals surface area contributed by atoms with Crippen LogP contribution >= 0.6 is 0 Å². The molecule has 25 heavy (non-hydrogen) atoms. The first-order chi connectivity index (χ1) is 12.0. The van der Waals surface area contributed by atoms with E-state index in [4.69, 9.17) is 0 Å². The SMILES string of the molecule is C[Si](C)(C)CC1CC1=C(CCc1ccccc1)CCc1ccccc1. The Hall–Kier alpha value is -1.60. The number of hydrogen-bond donors (Lipinski definition) is 0. The minimum absolute atomic E-state index is 0.910. The Kier molecular flexibility index (Phi) is 5.96. The second kappa shape index (κ2) is 8.18. The zero-order valence-electron chi connectivity index (χ0n) is 16.1. The predicted octanol–water partition coefficient (Wildman–Crippen LogP) is 6.91. The zero-order chi connectivity index (χ0) is 17.7. The maximum Gasteiger partial charge on any atom is 0.0448 e. The van der Waals surface area contributed by atoms with Crippen LogP contribution in [-0.4, -0.2) is 8.07 Å². The monoisotopic (exact) mass is 348 g/mol. The molecule has 1 atom stereocenters. The van der Waals surface area contributed by atoms with Crippen LogP contribution in [0.4, 0.5) is 0 Å². The highest BCUT2D eigenvalue weighted by atomic mass is 28.3. The fraction of sp³-hybridized carbons (Fsp3) is 0.417. The second-order valence-electron chi connectivity index (χ2n) is 8.77. The minimum atomic E-state index is -0.953. The van der Waals surface area contributed by atoms with Gasteiger partial charge < -0.3 is 0 Å². The lowest BCUT2D eigenvalue weighted by molar-refractivity contribution is 0.823. The Morgan fingerprint density at radius 1 is 0.800 bits per heavy atom. The number of hydrogen-bond acceptors (Lipinski definition) is 0. The lowest BCUT2D eigenvalue weighted by Gasteiger charge is -2.15. The fourth-order valence-corrected chi connectivity index (χ4v) is 5.77. The Balaban J connectivity index is 1.66. The second-order valence-corrected chi connectivity index (χ2v) is 14.3. The maximum atomic E-state index is 2.51. The predicted molar refractivity (Wildman–Crippen MR) is 113 cm³/mol. The van der Waals surface area contributed by atoms with Crippen LogP contribution in [0.1, 0.15) is 30.4 Å².